The molecule has 0 aromatic heterocycles. The topological polar surface area (TPSA) is 6.48 Å². The molecular weight excluding hydrogens is 348 g/mol. The van der Waals surface area contributed by atoms with Gasteiger partial charge in [-0.2, -0.15) is 0 Å². The monoisotopic (exact) mass is 372 g/mol. The summed E-state index contributed by atoms with van der Waals surface area (Å²) in [5.41, 5.74) is 2.88. The molecule has 2 aromatic rings. The Morgan fingerprint density at radius 1 is 1.00 bits per heavy atom. The van der Waals surface area contributed by atoms with Crippen LogP contribution in [0.15, 0.2) is 52.3 Å². The third kappa shape index (κ3) is 3.90. The predicted molar refractivity (Wildman–Crippen MR) is 107 cm³/mol. The average molecular weight is 373 g/mol. The van der Waals surface area contributed by atoms with Crippen LogP contribution in [-0.4, -0.2) is 49.6 Å². The minimum atomic E-state index is 0.471. The molecule has 0 radical (unpaired) electrons. The Morgan fingerprint density at radius 2 is 1.76 bits per heavy atom. The highest BCUT2D eigenvalue weighted by Crippen LogP contribution is 2.48. The molecule has 0 bridgehead atoms. The van der Waals surface area contributed by atoms with Gasteiger partial charge < -0.3 is 9.80 Å². The largest absolute Gasteiger partial charge is 0.304 e. The van der Waals surface area contributed by atoms with Gasteiger partial charge in [0.05, 0.1) is 0 Å². The molecule has 2 nitrogen and oxygen atoms in total. The molecule has 4 heteroatoms. The highest BCUT2D eigenvalue weighted by Gasteiger charge is 2.26. The molecular formula is C21H25ClN2S. The normalized spacial score (nSPS) is 21.0. The first kappa shape index (κ1) is 17.4. The van der Waals surface area contributed by atoms with Crippen LogP contribution < -0.4 is 0 Å². The lowest BCUT2D eigenvalue weighted by atomic mass is 9.87. The number of benzene rings is 2. The van der Waals surface area contributed by atoms with E-state index in [1.807, 2.05) is 17.8 Å². The Labute approximate surface area is 160 Å². The van der Waals surface area contributed by atoms with Crippen LogP contribution >= 0.6 is 23.4 Å². The number of likely N-dealkylation sites (N-methyl/N-ethyl adjacent to an activating group) is 1. The van der Waals surface area contributed by atoms with Crippen molar-refractivity contribution in [3.8, 4) is 0 Å². The van der Waals surface area contributed by atoms with Crippen LogP contribution in [0.5, 0.6) is 0 Å². The van der Waals surface area contributed by atoms with Crippen molar-refractivity contribution in [2.75, 3.05) is 39.8 Å². The molecule has 2 aliphatic rings. The van der Waals surface area contributed by atoms with Crippen molar-refractivity contribution in [2.45, 2.75) is 28.6 Å². The summed E-state index contributed by atoms with van der Waals surface area (Å²) in [7, 11) is 2.22. The van der Waals surface area contributed by atoms with Gasteiger partial charge in [-0.25, -0.2) is 0 Å². The van der Waals surface area contributed by atoms with E-state index in [-0.39, 0.29) is 0 Å². The quantitative estimate of drug-likeness (QED) is 0.748. The molecule has 0 amide bonds. The molecule has 4 rings (SSSR count). The van der Waals surface area contributed by atoms with Gasteiger partial charge in [0.15, 0.2) is 0 Å². The summed E-state index contributed by atoms with van der Waals surface area (Å²) in [6, 6.07) is 15.3. The van der Waals surface area contributed by atoms with Crippen molar-refractivity contribution >= 4 is 23.4 Å². The molecule has 0 aliphatic carbocycles. The molecule has 1 atom stereocenters. The summed E-state index contributed by atoms with van der Waals surface area (Å²) in [6.07, 6.45) is 2.43. The van der Waals surface area contributed by atoms with Crippen LogP contribution in [0.3, 0.4) is 0 Å². The van der Waals surface area contributed by atoms with E-state index in [1.165, 1.54) is 66.5 Å². The molecule has 1 saturated heterocycles. The lowest BCUT2D eigenvalue weighted by Gasteiger charge is -2.33. The van der Waals surface area contributed by atoms with Crippen LogP contribution in [0.1, 0.15) is 29.9 Å². The average Bonchev–Trinajstić information content (AvgIpc) is 2.63. The number of halogens is 1. The van der Waals surface area contributed by atoms with Crippen molar-refractivity contribution in [1.82, 2.24) is 9.80 Å². The summed E-state index contributed by atoms with van der Waals surface area (Å²) in [5.74, 6) is 0.471. The highest BCUT2D eigenvalue weighted by molar-refractivity contribution is 7.99. The number of fused-ring (bicyclic) bond motifs is 2. The van der Waals surface area contributed by atoms with Crippen LogP contribution in [0.25, 0.3) is 0 Å². The first-order valence-electron chi connectivity index (χ1n) is 9.18. The van der Waals surface area contributed by atoms with E-state index < -0.39 is 0 Å². The van der Waals surface area contributed by atoms with Gasteiger partial charge in [0.1, 0.15) is 0 Å². The second-order valence-corrected chi connectivity index (χ2v) is 8.68. The van der Waals surface area contributed by atoms with Crippen molar-refractivity contribution in [3.05, 3.63) is 58.6 Å². The summed E-state index contributed by atoms with van der Waals surface area (Å²) < 4.78 is 0. The predicted octanol–water partition coefficient (Wildman–Crippen LogP) is 4.96. The third-order valence-corrected chi connectivity index (χ3v) is 6.84. The molecule has 0 spiro atoms. The van der Waals surface area contributed by atoms with Gasteiger partial charge in [-0.05, 0) is 61.8 Å². The Balaban J connectivity index is 1.49. The SMILES string of the molecule is CN1CCN(CCCC2c3ccccc3Sc3ccc(Cl)cc32)CC1. The molecule has 1 unspecified atom stereocenters. The van der Waals surface area contributed by atoms with Crippen LogP contribution in [0.2, 0.25) is 5.02 Å². The summed E-state index contributed by atoms with van der Waals surface area (Å²) >= 11 is 8.20. The van der Waals surface area contributed by atoms with E-state index in [0.717, 1.165) is 5.02 Å². The van der Waals surface area contributed by atoms with Gasteiger partial charge in [-0.3, -0.25) is 0 Å². The summed E-state index contributed by atoms with van der Waals surface area (Å²) in [4.78, 5) is 7.81. The Hall–Kier alpha value is -1.00. The van der Waals surface area contributed by atoms with Gasteiger partial charge in [0, 0.05) is 46.9 Å². The number of piperazine rings is 1. The zero-order valence-corrected chi connectivity index (χ0v) is 16.3. The smallest absolute Gasteiger partial charge is 0.0409 e. The standard InChI is InChI=1S/C21H25ClN2S/c1-23-11-13-24(14-12-23)10-4-6-17-18-5-2-3-7-20(18)25-21-9-8-16(22)15-19(17)21/h2-3,5,7-9,15,17H,4,6,10-14H2,1H3. The number of hydrogen-bond acceptors (Lipinski definition) is 3. The first-order chi connectivity index (χ1) is 12.2. The fraction of sp³-hybridized carbons (Fsp3) is 0.429. The number of hydrogen-bond donors (Lipinski definition) is 0. The number of rotatable bonds is 4. The van der Waals surface area contributed by atoms with Crippen LogP contribution in [0.4, 0.5) is 0 Å². The van der Waals surface area contributed by atoms with Gasteiger partial charge in [-0.1, -0.05) is 41.6 Å². The Bertz CT molecular complexity index is 740. The maximum absolute atomic E-state index is 6.32. The van der Waals surface area contributed by atoms with Crippen LogP contribution in [-0.2, 0) is 0 Å². The van der Waals surface area contributed by atoms with Gasteiger partial charge in [-0.15, -0.1) is 0 Å². The molecule has 0 N–H and O–H groups in total. The summed E-state index contributed by atoms with van der Waals surface area (Å²) in [5, 5.41) is 0.850. The van der Waals surface area contributed by atoms with E-state index in [2.05, 4.69) is 53.2 Å². The van der Waals surface area contributed by atoms with Crippen molar-refractivity contribution in [2.24, 2.45) is 0 Å². The number of nitrogens with zero attached hydrogens (tertiary/aromatic N) is 2. The van der Waals surface area contributed by atoms with Crippen molar-refractivity contribution in [1.29, 1.82) is 0 Å². The van der Waals surface area contributed by atoms with E-state index >= 15 is 0 Å². The molecule has 25 heavy (non-hydrogen) atoms. The Morgan fingerprint density at radius 3 is 2.60 bits per heavy atom. The van der Waals surface area contributed by atoms with Crippen LogP contribution in [0, 0.1) is 0 Å². The van der Waals surface area contributed by atoms with Gasteiger partial charge >= 0.3 is 0 Å². The molecule has 2 aliphatic heterocycles. The van der Waals surface area contributed by atoms with E-state index in [0.29, 0.717) is 5.92 Å². The van der Waals surface area contributed by atoms with Gasteiger partial charge in [0.2, 0.25) is 0 Å². The molecule has 2 heterocycles. The molecule has 132 valence electrons. The molecule has 1 fully saturated rings. The minimum Gasteiger partial charge on any atom is -0.304 e. The van der Waals surface area contributed by atoms with E-state index in [1.54, 1.807) is 0 Å². The lowest BCUT2D eigenvalue weighted by Crippen LogP contribution is -2.44. The zero-order chi connectivity index (χ0) is 17.2. The molecule has 0 saturated carbocycles. The lowest BCUT2D eigenvalue weighted by molar-refractivity contribution is 0.151. The zero-order valence-electron chi connectivity index (χ0n) is 14.7. The molecule has 2 aromatic carbocycles. The maximum atomic E-state index is 6.32. The maximum Gasteiger partial charge on any atom is 0.0409 e. The van der Waals surface area contributed by atoms with E-state index in [4.69, 9.17) is 11.6 Å². The second kappa shape index (κ2) is 7.71. The highest BCUT2D eigenvalue weighted by atomic mass is 35.5. The van der Waals surface area contributed by atoms with Crippen molar-refractivity contribution < 1.29 is 0 Å². The minimum absolute atomic E-state index is 0.471. The second-order valence-electron chi connectivity index (χ2n) is 7.16. The third-order valence-electron chi connectivity index (χ3n) is 5.42. The fourth-order valence-electron chi connectivity index (χ4n) is 3.93. The Kier molecular flexibility index (Phi) is 5.37. The summed E-state index contributed by atoms with van der Waals surface area (Å²) in [6.45, 7) is 6.00. The van der Waals surface area contributed by atoms with E-state index in [9.17, 15) is 0 Å². The van der Waals surface area contributed by atoms with Gasteiger partial charge in [0.25, 0.3) is 0 Å². The van der Waals surface area contributed by atoms with Crippen molar-refractivity contribution in [3.63, 3.8) is 0 Å². The fourth-order valence-corrected chi connectivity index (χ4v) is 5.28. The first-order valence-corrected chi connectivity index (χ1v) is 10.4.